The Morgan fingerprint density at radius 1 is 1.04 bits per heavy atom. The SMILES string of the molecule is COC[C@]12CC[C@H](C)C[C@H]1CC[C@H]1[C@@H]3CC[C@H](C(C)=O)[C@@]3(C)CC[C@@H]12. The van der Waals surface area contributed by atoms with Crippen LogP contribution < -0.4 is 0 Å². The Kier molecular flexibility index (Phi) is 4.58. The van der Waals surface area contributed by atoms with Gasteiger partial charge in [0.15, 0.2) is 0 Å². The van der Waals surface area contributed by atoms with Crippen LogP contribution in [0.15, 0.2) is 0 Å². The van der Waals surface area contributed by atoms with Gasteiger partial charge in [-0.2, -0.15) is 0 Å². The van der Waals surface area contributed by atoms with Crippen molar-refractivity contribution in [2.24, 2.45) is 46.3 Å². The van der Waals surface area contributed by atoms with Gasteiger partial charge in [0.05, 0.1) is 6.61 Å². The topological polar surface area (TPSA) is 26.3 Å². The first-order valence-electron chi connectivity index (χ1n) is 10.9. The molecule has 0 N–H and O–H groups in total. The first-order valence-corrected chi connectivity index (χ1v) is 10.9. The molecule has 0 amide bonds. The van der Waals surface area contributed by atoms with E-state index in [1.54, 1.807) is 0 Å². The second-order valence-electron chi connectivity index (χ2n) is 10.5. The first kappa shape index (κ1) is 18.0. The number of ketones is 1. The summed E-state index contributed by atoms with van der Waals surface area (Å²) in [6.45, 7) is 7.74. The number of fused-ring (bicyclic) bond motifs is 5. The maximum absolute atomic E-state index is 12.3. The van der Waals surface area contributed by atoms with E-state index in [0.29, 0.717) is 17.1 Å². The van der Waals surface area contributed by atoms with Gasteiger partial charge in [-0.25, -0.2) is 0 Å². The molecule has 2 nitrogen and oxygen atoms in total. The van der Waals surface area contributed by atoms with Crippen molar-refractivity contribution in [3.8, 4) is 0 Å². The fourth-order valence-electron chi connectivity index (χ4n) is 8.48. The molecule has 0 spiro atoms. The average molecular weight is 347 g/mol. The number of methoxy groups -OCH3 is 1. The fraction of sp³-hybridized carbons (Fsp3) is 0.957. The molecule has 142 valence electrons. The van der Waals surface area contributed by atoms with E-state index in [-0.39, 0.29) is 5.41 Å². The molecule has 4 rings (SSSR count). The van der Waals surface area contributed by atoms with Gasteiger partial charge in [-0.05, 0) is 98.7 Å². The zero-order valence-electron chi connectivity index (χ0n) is 16.9. The van der Waals surface area contributed by atoms with Crippen molar-refractivity contribution in [2.45, 2.75) is 78.6 Å². The summed E-state index contributed by atoms with van der Waals surface area (Å²) in [6.07, 6.45) is 12.1. The van der Waals surface area contributed by atoms with Gasteiger partial charge in [0.2, 0.25) is 0 Å². The molecule has 8 atom stereocenters. The van der Waals surface area contributed by atoms with Crippen LogP contribution in [0.2, 0.25) is 0 Å². The quantitative estimate of drug-likeness (QED) is 0.675. The minimum Gasteiger partial charge on any atom is -0.384 e. The van der Waals surface area contributed by atoms with E-state index in [2.05, 4.69) is 13.8 Å². The van der Waals surface area contributed by atoms with Gasteiger partial charge >= 0.3 is 0 Å². The summed E-state index contributed by atoms with van der Waals surface area (Å²) in [5, 5.41) is 0. The Bertz CT molecular complexity index is 528. The van der Waals surface area contributed by atoms with E-state index in [1.807, 2.05) is 14.0 Å². The summed E-state index contributed by atoms with van der Waals surface area (Å²) in [7, 11) is 1.92. The number of hydrogen-bond acceptors (Lipinski definition) is 2. The molecule has 0 aliphatic heterocycles. The van der Waals surface area contributed by atoms with Gasteiger partial charge in [0, 0.05) is 13.0 Å². The molecule has 0 aromatic carbocycles. The molecule has 0 unspecified atom stereocenters. The minimum absolute atomic E-state index is 0.288. The number of Topliss-reactive ketones (excluding diaryl/α,β-unsaturated/α-hetero) is 1. The lowest BCUT2D eigenvalue weighted by atomic mass is 9.44. The zero-order chi connectivity index (χ0) is 17.8. The first-order chi connectivity index (χ1) is 11.9. The molecule has 0 bridgehead atoms. The Morgan fingerprint density at radius 2 is 1.84 bits per heavy atom. The number of ether oxygens (including phenoxy) is 1. The summed E-state index contributed by atoms with van der Waals surface area (Å²) < 4.78 is 5.87. The Balaban J connectivity index is 1.64. The van der Waals surface area contributed by atoms with Crippen molar-refractivity contribution in [1.29, 1.82) is 0 Å². The highest BCUT2D eigenvalue weighted by molar-refractivity contribution is 5.79. The van der Waals surface area contributed by atoms with Crippen LogP contribution in [-0.2, 0) is 9.53 Å². The molecule has 4 aliphatic carbocycles. The largest absolute Gasteiger partial charge is 0.384 e. The highest BCUT2D eigenvalue weighted by Crippen LogP contribution is 2.67. The standard InChI is InChI=1S/C23H38O2/c1-15-9-12-23(14-25-4)17(13-15)5-6-18-20-8-7-19(16(2)24)22(20,3)11-10-21(18)23/h15,17-21H,5-14H2,1-4H3/t15-,17+,18-,19+,20-,21-,22+,23+/m0/s1. The highest BCUT2D eigenvalue weighted by Gasteiger charge is 2.61. The second-order valence-corrected chi connectivity index (χ2v) is 10.5. The summed E-state index contributed by atoms with van der Waals surface area (Å²) in [5.74, 6) is 5.05. The highest BCUT2D eigenvalue weighted by atomic mass is 16.5. The summed E-state index contributed by atoms with van der Waals surface area (Å²) in [6, 6.07) is 0. The van der Waals surface area contributed by atoms with Crippen LogP contribution in [0, 0.1) is 46.3 Å². The van der Waals surface area contributed by atoms with Crippen LogP contribution in [0.5, 0.6) is 0 Å². The number of carbonyl (C=O) groups is 1. The normalized spacial score (nSPS) is 52.2. The predicted octanol–water partition coefficient (Wildman–Crippen LogP) is 5.50. The van der Waals surface area contributed by atoms with Crippen LogP contribution in [0.3, 0.4) is 0 Å². The Morgan fingerprint density at radius 3 is 2.56 bits per heavy atom. The molecule has 4 saturated carbocycles. The third-order valence-corrected chi connectivity index (χ3v) is 9.53. The molecule has 4 aliphatic rings. The molecule has 0 radical (unpaired) electrons. The van der Waals surface area contributed by atoms with Crippen molar-refractivity contribution >= 4 is 5.78 Å². The number of carbonyl (C=O) groups excluding carboxylic acids is 1. The lowest BCUT2D eigenvalue weighted by Gasteiger charge is -2.61. The van der Waals surface area contributed by atoms with Crippen molar-refractivity contribution in [1.82, 2.24) is 0 Å². The van der Waals surface area contributed by atoms with Gasteiger partial charge in [-0.1, -0.05) is 20.3 Å². The lowest BCUT2D eigenvalue weighted by Crippen LogP contribution is -2.56. The molecule has 25 heavy (non-hydrogen) atoms. The van der Waals surface area contributed by atoms with Crippen molar-refractivity contribution in [2.75, 3.05) is 13.7 Å². The number of hydrogen-bond donors (Lipinski definition) is 0. The fourth-order valence-corrected chi connectivity index (χ4v) is 8.48. The van der Waals surface area contributed by atoms with Crippen LogP contribution in [0.1, 0.15) is 78.6 Å². The maximum Gasteiger partial charge on any atom is 0.133 e. The molecule has 2 heteroatoms. The summed E-state index contributed by atoms with van der Waals surface area (Å²) >= 11 is 0. The smallest absolute Gasteiger partial charge is 0.133 e. The van der Waals surface area contributed by atoms with E-state index >= 15 is 0 Å². The molecular weight excluding hydrogens is 308 g/mol. The van der Waals surface area contributed by atoms with Gasteiger partial charge in [-0.15, -0.1) is 0 Å². The van der Waals surface area contributed by atoms with Crippen LogP contribution in [-0.4, -0.2) is 19.5 Å². The Labute approximate surface area is 154 Å². The Hall–Kier alpha value is -0.370. The number of rotatable bonds is 3. The van der Waals surface area contributed by atoms with Crippen molar-refractivity contribution in [3.63, 3.8) is 0 Å². The van der Waals surface area contributed by atoms with Gasteiger partial charge in [0.25, 0.3) is 0 Å². The van der Waals surface area contributed by atoms with Crippen LogP contribution >= 0.6 is 0 Å². The van der Waals surface area contributed by atoms with Crippen LogP contribution in [0.25, 0.3) is 0 Å². The minimum atomic E-state index is 0.288. The molecule has 4 fully saturated rings. The molecule has 0 aromatic rings. The van der Waals surface area contributed by atoms with Crippen LogP contribution in [0.4, 0.5) is 0 Å². The van der Waals surface area contributed by atoms with E-state index in [4.69, 9.17) is 4.74 Å². The van der Waals surface area contributed by atoms with E-state index < -0.39 is 0 Å². The van der Waals surface area contributed by atoms with Crippen molar-refractivity contribution < 1.29 is 9.53 Å². The molecular formula is C23H38O2. The van der Waals surface area contributed by atoms with Gasteiger partial charge < -0.3 is 4.74 Å². The summed E-state index contributed by atoms with van der Waals surface area (Å²) in [4.78, 5) is 12.3. The average Bonchev–Trinajstić information content (AvgIpc) is 2.93. The van der Waals surface area contributed by atoms with E-state index in [0.717, 1.165) is 42.6 Å². The summed E-state index contributed by atoms with van der Waals surface area (Å²) in [5.41, 5.74) is 0.732. The van der Waals surface area contributed by atoms with Crippen molar-refractivity contribution in [3.05, 3.63) is 0 Å². The van der Waals surface area contributed by atoms with Gasteiger partial charge in [-0.3, -0.25) is 4.79 Å². The predicted molar refractivity (Wildman–Crippen MR) is 101 cm³/mol. The molecule has 0 aromatic heterocycles. The second kappa shape index (κ2) is 6.36. The molecule has 0 heterocycles. The maximum atomic E-state index is 12.3. The lowest BCUT2D eigenvalue weighted by molar-refractivity contribution is -0.154. The third kappa shape index (κ3) is 2.57. The molecule has 0 saturated heterocycles. The van der Waals surface area contributed by atoms with E-state index in [9.17, 15) is 4.79 Å². The monoisotopic (exact) mass is 346 g/mol. The third-order valence-electron chi connectivity index (χ3n) is 9.53. The zero-order valence-corrected chi connectivity index (χ0v) is 16.9. The van der Waals surface area contributed by atoms with Gasteiger partial charge in [0.1, 0.15) is 5.78 Å². The van der Waals surface area contributed by atoms with E-state index in [1.165, 1.54) is 51.4 Å².